The third kappa shape index (κ3) is 2.17. The number of benzene rings is 1. The Hall–Kier alpha value is -1.55. The number of para-hydroxylation sites is 1. The van der Waals surface area contributed by atoms with Crippen molar-refractivity contribution in [3.8, 4) is 5.75 Å². The van der Waals surface area contributed by atoms with E-state index in [0.29, 0.717) is 11.3 Å². The number of ether oxygens (including phenoxy) is 1. The summed E-state index contributed by atoms with van der Waals surface area (Å²) in [5.41, 5.74) is 5.60. The summed E-state index contributed by atoms with van der Waals surface area (Å²) in [4.78, 5) is 11.2. The lowest BCUT2D eigenvalue weighted by Crippen LogP contribution is -2.26. The molecule has 0 aliphatic heterocycles. The molecule has 86 valence electrons. The molecule has 4 heteroatoms. The molecule has 0 bridgehead atoms. The highest BCUT2D eigenvalue weighted by Gasteiger charge is 2.27. The minimum absolute atomic E-state index is 0.222. The first-order valence-corrected chi connectivity index (χ1v) is 5.42. The molecule has 0 radical (unpaired) electrons. The lowest BCUT2D eigenvalue weighted by atomic mass is 10.2. The Morgan fingerprint density at radius 1 is 1.38 bits per heavy atom. The Morgan fingerprint density at radius 3 is 2.75 bits per heavy atom. The van der Waals surface area contributed by atoms with Crippen LogP contribution in [-0.4, -0.2) is 23.2 Å². The number of hydrogen-bond acceptors (Lipinski definition) is 3. The second kappa shape index (κ2) is 4.53. The van der Waals surface area contributed by atoms with E-state index < -0.39 is 12.0 Å². The summed E-state index contributed by atoms with van der Waals surface area (Å²) in [5, 5.41) is 9.64. The summed E-state index contributed by atoms with van der Waals surface area (Å²) in [6.07, 6.45) is 1.85. The van der Waals surface area contributed by atoms with Gasteiger partial charge in [-0.2, -0.15) is 0 Å². The molecule has 1 aromatic carbocycles. The van der Waals surface area contributed by atoms with Gasteiger partial charge in [-0.1, -0.05) is 12.1 Å². The SMILES string of the molecule is NC(=O)c1ccccc1O[C@@H]1CCC[C@H]1O. The van der Waals surface area contributed by atoms with Crippen LogP contribution in [-0.2, 0) is 0 Å². The predicted molar refractivity (Wildman–Crippen MR) is 59.2 cm³/mol. The van der Waals surface area contributed by atoms with E-state index in [9.17, 15) is 9.90 Å². The maximum atomic E-state index is 11.2. The van der Waals surface area contributed by atoms with E-state index in [2.05, 4.69) is 0 Å². The number of rotatable bonds is 3. The van der Waals surface area contributed by atoms with Crippen molar-refractivity contribution in [1.82, 2.24) is 0 Å². The lowest BCUT2D eigenvalue weighted by Gasteiger charge is -2.18. The second-order valence-electron chi connectivity index (χ2n) is 4.01. The van der Waals surface area contributed by atoms with Gasteiger partial charge in [-0.25, -0.2) is 0 Å². The van der Waals surface area contributed by atoms with Crippen molar-refractivity contribution in [2.24, 2.45) is 5.73 Å². The van der Waals surface area contributed by atoms with Crippen LogP contribution in [0.1, 0.15) is 29.6 Å². The fourth-order valence-electron chi connectivity index (χ4n) is 1.98. The topological polar surface area (TPSA) is 72.6 Å². The standard InChI is InChI=1S/C12H15NO3/c13-12(15)8-4-1-2-6-10(8)16-11-7-3-5-9(11)14/h1-2,4,6,9,11,14H,3,5,7H2,(H2,13,15)/t9-,11-/m1/s1. The Labute approximate surface area is 94.0 Å². The van der Waals surface area contributed by atoms with E-state index in [0.717, 1.165) is 19.3 Å². The van der Waals surface area contributed by atoms with Gasteiger partial charge in [-0.15, -0.1) is 0 Å². The van der Waals surface area contributed by atoms with Gasteiger partial charge >= 0.3 is 0 Å². The van der Waals surface area contributed by atoms with Crippen LogP contribution >= 0.6 is 0 Å². The molecule has 3 N–H and O–H groups in total. The molecule has 2 atom stereocenters. The van der Waals surface area contributed by atoms with Crippen LogP contribution in [0.4, 0.5) is 0 Å². The summed E-state index contributed by atoms with van der Waals surface area (Å²) >= 11 is 0. The Morgan fingerprint density at radius 2 is 2.12 bits per heavy atom. The van der Waals surface area contributed by atoms with E-state index in [1.165, 1.54) is 0 Å². The smallest absolute Gasteiger partial charge is 0.252 e. The molecule has 4 nitrogen and oxygen atoms in total. The molecule has 2 rings (SSSR count). The van der Waals surface area contributed by atoms with Crippen molar-refractivity contribution in [2.75, 3.05) is 0 Å². The fraction of sp³-hybridized carbons (Fsp3) is 0.417. The molecule has 0 unspecified atom stereocenters. The first-order chi connectivity index (χ1) is 7.68. The highest BCUT2D eigenvalue weighted by molar-refractivity contribution is 5.95. The largest absolute Gasteiger partial charge is 0.487 e. The number of carbonyl (C=O) groups is 1. The van der Waals surface area contributed by atoms with Gasteiger partial charge < -0.3 is 15.6 Å². The summed E-state index contributed by atoms with van der Waals surface area (Å²) in [6.45, 7) is 0. The van der Waals surface area contributed by atoms with E-state index in [4.69, 9.17) is 10.5 Å². The van der Waals surface area contributed by atoms with Gasteiger partial charge in [-0.05, 0) is 31.4 Å². The van der Waals surface area contributed by atoms with Crippen LogP contribution in [0.15, 0.2) is 24.3 Å². The van der Waals surface area contributed by atoms with Gasteiger partial charge in [0.2, 0.25) is 0 Å². The number of amides is 1. The quantitative estimate of drug-likeness (QED) is 0.802. The molecule has 1 aliphatic carbocycles. The average Bonchev–Trinajstić information content (AvgIpc) is 2.65. The normalized spacial score (nSPS) is 24.3. The first kappa shape index (κ1) is 11.0. The molecule has 1 aromatic rings. The zero-order valence-corrected chi connectivity index (χ0v) is 8.93. The van der Waals surface area contributed by atoms with Crippen LogP contribution in [0.5, 0.6) is 5.75 Å². The van der Waals surface area contributed by atoms with Crippen LogP contribution in [0.2, 0.25) is 0 Å². The zero-order chi connectivity index (χ0) is 11.5. The second-order valence-corrected chi connectivity index (χ2v) is 4.01. The van der Waals surface area contributed by atoms with E-state index in [1.54, 1.807) is 24.3 Å². The maximum absolute atomic E-state index is 11.2. The highest BCUT2D eigenvalue weighted by atomic mass is 16.5. The zero-order valence-electron chi connectivity index (χ0n) is 8.93. The first-order valence-electron chi connectivity index (χ1n) is 5.42. The van der Waals surface area contributed by atoms with Crippen molar-refractivity contribution in [3.05, 3.63) is 29.8 Å². The van der Waals surface area contributed by atoms with Crippen molar-refractivity contribution < 1.29 is 14.6 Å². The van der Waals surface area contributed by atoms with Gasteiger partial charge in [0.25, 0.3) is 5.91 Å². The molecule has 0 heterocycles. The molecular formula is C12H15NO3. The fourth-order valence-corrected chi connectivity index (χ4v) is 1.98. The molecule has 0 aromatic heterocycles. The van der Waals surface area contributed by atoms with Crippen molar-refractivity contribution in [2.45, 2.75) is 31.5 Å². The number of nitrogens with two attached hydrogens (primary N) is 1. The maximum Gasteiger partial charge on any atom is 0.252 e. The number of carbonyl (C=O) groups excluding carboxylic acids is 1. The van der Waals surface area contributed by atoms with E-state index >= 15 is 0 Å². The van der Waals surface area contributed by atoms with Crippen molar-refractivity contribution in [3.63, 3.8) is 0 Å². The van der Waals surface area contributed by atoms with Gasteiger partial charge in [0.15, 0.2) is 0 Å². The summed E-state index contributed by atoms with van der Waals surface area (Å²) in [7, 11) is 0. The molecule has 1 saturated carbocycles. The van der Waals surface area contributed by atoms with Gasteiger partial charge in [-0.3, -0.25) is 4.79 Å². The van der Waals surface area contributed by atoms with Crippen LogP contribution in [0, 0.1) is 0 Å². The van der Waals surface area contributed by atoms with Crippen LogP contribution in [0.25, 0.3) is 0 Å². The van der Waals surface area contributed by atoms with Gasteiger partial charge in [0, 0.05) is 0 Å². The number of primary amides is 1. The lowest BCUT2D eigenvalue weighted by molar-refractivity contribution is 0.0593. The van der Waals surface area contributed by atoms with E-state index in [1.807, 2.05) is 0 Å². The number of aliphatic hydroxyl groups excluding tert-OH is 1. The Balaban J connectivity index is 2.17. The van der Waals surface area contributed by atoms with Gasteiger partial charge in [0.05, 0.1) is 11.7 Å². The van der Waals surface area contributed by atoms with Crippen LogP contribution in [0.3, 0.4) is 0 Å². The predicted octanol–water partition coefficient (Wildman–Crippen LogP) is 1.08. The number of hydrogen-bond donors (Lipinski definition) is 2. The van der Waals surface area contributed by atoms with Crippen molar-refractivity contribution in [1.29, 1.82) is 0 Å². The molecule has 1 aliphatic rings. The Bertz CT molecular complexity index is 392. The van der Waals surface area contributed by atoms with Crippen LogP contribution < -0.4 is 10.5 Å². The molecule has 1 fully saturated rings. The third-order valence-corrected chi connectivity index (χ3v) is 2.85. The highest BCUT2D eigenvalue weighted by Crippen LogP contribution is 2.26. The van der Waals surface area contributed by atoms with Gasteiger partial charge in [0.1, 0.15) is 11.9 Å². The molecule has 0 spiro atoms. The average molecular weight is 221 g/mol. The third-order valence-electron chi connectivity index (χ3n) is 2.85. The minimum Gasteiger partial charge on any atom is -0.487 e. The summed E-state index contributed by atoms with van der Waals surface area (Å²) in [5.74, 6) is -0.0518. The molecule has 16 heavy (non-hydrogen) atoms. The number of aliphatic hydroxyl groups is 1. The van der Waals surface area contributed by atoms with Crippen molar-refractivity contribution >= 4 is 5.91 Å². The minimum atomic E-state index is -0.511. The molecule has 1 amide bonds. The molecule has 0 saturated heterocycles. The molecular weight excluding hydrogens is 206 g/mol. The summed E-state index contributed by atoms with van der Waals surface area (Å²) in [6, 6.07) is 6.84. The van der Waals surface area contributed by atoms with E-state index in [-0.39, 0.29) is 6.10 Å². The Kier molecular flexibility index (Phi) is 3.10. The summed E-state index contributed by atoms with van der Waals surface area (Å²) < 4.78 is 5.63. The monoisotopic (exact) mass is 221 g/mol.